The normalized spacial score (nSPS) is 20.1. The monoisotopic (exact) mass is 300 g/mol. The van der Waals surface area contributed by atoms with Crippen molar-refractivity contribution in [2.24, 2.45) is 0 Å². The van der Waals surface area contributed by atoms with E-state index in [0.29, 0.717) is 12.8 Å². The molecule has 0 atom stereocenters. The molecule has 1 heterocycles. The highest BCUT2D eigenvalue weighted by molar-refractivity contribution is 6.33. The van der Waals surface area contributed by atoms with E-state index in [1.165, 1.54) is 6.92 Å². The van der Waals surface area contributed by atoms with Crippen LogP contribution in [-0.4, -0.2) is 35.3 Å². The molecule has 1 fully saturated rings. The van der Waals surface area contributed by atoms with E-state index in [1.807, 2.05) is 27.7 Å². The van der Waals surface area contributed by atoms with E-state index in [0.717, 1.165) is 4.76 Å². The van der Waals surface area contributed by atoms with Gasteiger partial charge in [0.25, 0.3) is 0 Å². The van der Waals surface area contributed by atoms with E-state index in [4.69, 9.17) is 0 Å². The lowest BCUT2D eigenvalue weighted by Crippen LogP contribution is -3.00. The molecule has 1 saturated heterocycles. The van der Waals surface area contributed by atoms with Crippen molar-refractivity contribution in [3.05, 3.63) is 4.91 Å². The van der Waals surface area contributed by atoms with Crippen molar-refractivity contribution in [1.29, 1.82) is 0 Å². The van der Waals surface area contributed by atoms with Gasteiger partial charge in [0.1, 0.15) is 0 Å². The minimum absolute atomic E-state index is 0. The number of carbonyl (C=O) groups excluding carboxylic acids is 1. The lowest BCUT2D eigenvalue weighted by molar-refractivity contribution is -0.693. The smallest absolute Gasteiger partial charge is 0.762 e. The standard InChI is InChI=1S/C11H20N2O2.BF3.FH/c1-8(14)12-9-6-10(2,3)13(15)11(4,5)7-9;2-1(3)4;/h9H,6-7H2,1-5H3;;1H. The van der Waals surface area contributed by atoms with Crippen molar-refractivity contribution >= 4 is 13.5 Å². The van der Waals surface area contributed by atoms with Gasteiger partial charge in [-0.15, -0.1) is 0 Å². The van der Waals surface area contributed by atoms with Gasteiger partial charge in [-0.25, -0.2) is 0 Å². The van der Waals surface area contributed by atoms with E-state index in [9.17, 15) is 22.6 Å². The van der Waals surface area contributed by atoms with Crippen LogP contribution in [0.3, 0.4) is 0 Å². The Labute approximate surface area is 116 Å². The van der Waals surface area contributed by atoms with Crippen LogP contribution in [-0.2, 0) is 4.79 Å². The molecule has 0 aromatic heterocycles. The third-order valence-corrected chi connectivity index (χ3v) is 3.00. The van der Waals surface area contributed by atoms with E-state index in [-0.39, 0.29) is 16.7 Å². The topological polar surface area (TPSA) is 49.2 Å². The molecule has 1 amide bonds. The maximum Gasteiger partial charge on any atom is 0.762 e. The zero-order chi connectivity index (χ0) is 15.4. The average molecular weight is 300 g/mol. The first kappa shape index (κ1) is 21.2. The van der Waals surface area contributed by atoms with Gasteiger partial charge in [-0.3, -0.25) is 17.7 Å². The van der Waals surface area contributed by atoms with E-state index in [2.05, 4.69) is 5.32 Å². The molecular formula is C11H21BF4N2O2. The first-order valence-corrected chi connectivity index (χ1v) is 6.05. The molecule has 1 rings (SSSR count). The number of carbonyl (C=O) groups is 1. The Morgan fingerprint density at radius 2 is 1.45 bits per heavy atom. The van der Waals surface area contributed by atoms with Gasteiger partial charge < -0.3 is 10.0 Å². The van der Waals surface area contributed by atoms with Crippen LogP contribution in [0.2, 0.25) is 0 Å². The van der Waals surface area contributed by atoms with Crippen LogP contribution in [0.15, 0.2) is 0 Å². The van der Waals surface area contributed by atoms with Crippen LogP contribution in [0.25, 0.3) is 0 Å². The molecule has 20 heavy (non-hydrogen) atoms. The number of nitrogens with zero attached hydrogens (tertiary/aromatic N) is 1. The number of nitrogens with one attached hydrogen (secondary N) is 1. The van der Waals surface area contributed by atoms with E-state index < -0.39 is 18.6 Å². The molecule has 0 aliphatic carbocycles. The first-order valence-electron chi connectivity index (χ1n) is 6.05. The fourth-order valence-electron chi connectivity index (χ4n) is 2.65. The molecule has 9 heteroatoms. The highest BCUT2D eigenvalue weighted by Crippen LogP contribution is 2.34. The molecule has 118 valence electrons. The Kier molecular flexibility index (Phi) is 8.03. The quantitative estimate of drug-likeness (QED) is 0.403. The van der Waals surface area contributed by atoms with Crippen molar-refractivity contribution in [3.8, 4) is 0 Å². The number of hydrogen-bond acceptors (Lipinski definition) is 2. The lowest BCUT2D eigenvalue weighted by Gasteiger charge is -2.36. The molecule has 0 aromatic carbocycles. The summed E-state index contributed by atoms with van der Waals surface area (Å²) in [6.07, 6.45) is 1.42. The molecule has 1 aliphatic rings. The Balaban J connectivity index is 0. The van der Waals surface area contributed by atoms with Gasteiger partial charge in [0, 0.05) is 63.2 Å². The summed E-state index contributed by atoms with van der Waals surface area (Å²) >= 11 is 0. The van der Waals surface area contributed by atoms with Crippen LogP contribution in [0, 0.1) is 4.91 Å². The molecule has 0 bridgehead atoms. The number of rotatable bonds is 1. The maximum absolute atomic E-state index is 12.0. The summed E-state index contributed by atoms with van der Waals surface area (Å²) in [4.78, 5) is 23.0. The Bertz CT molecular complexity index is 329. The zero-order valence-electron chi connectivity index (χ0n) is 12.3. The van der Waals surface area contributed by atoms with Gasteiger partial charge in [0.2, 0.25) is 17.0 Å². The number of hydrogen-bond donors (Lipinski definition) is 1. The van der Waals surface area contributed by atoms with Crippen LogP contribution >= 0.6 is 0 Å². The SMILES string of the molecule is CC(=O)NC1CC(C)(C)[N+](=O)C(C)(C)C1.FB(F)F.[F-]. The second-order valence-electron chi connectivity index (χ2n) is 5.97. The van der Waals surface area contributed by atoms with Gasteiger partial charge in [-0.2, -0.15) is 0 Å². The second kappa shape index (κ2) is 7.59. The number of halogens is 4. The molecule has 0 radical (unpaired) electrons. The predicted octanol–water partition coefficient (Wildman–Crippen LogP) is -0.495. The molecule has 1 N–H and O–H groups in total. The van der Waals surface area contributed by atoms with Crippen LogP contribution < -0.4 is 10.0 Å². The van der Waals surface area contributed by atoms with Crippen molar-refractivity contribution in [1.82, 2.24) is 5.32 Å². The fraction of sp³-hybridized carbons (Fsp3) is 0.909. The Hall–Kier alpha value is -1.15. The van der Waals surface area contributed by atoms with Crippen molar-refractivity contribution in [2.45, 2.75) is 64.6 Å². The molecular weight excluding hydrogens is 279 g/mol. The summed E-state index contributed by atoms with van der Waals surface area (Å²) in [6.45, 7) is 9.22. The first-order chi connectivity index (χ1) is 8.38. The molecule has 4 nitrogen and oxygen atoms in total. The summed E-state index contributed by atoms with van der Waals surface area (Å²) in [7, 11) is -3.67. The summed E-state index contributed by atoms with van der Waals surface area (Å²) < 4.78 is 30.2. The van der Waals surface area contributed by atoms with Gasteiger partial charge in [-0.05, 0) is 0 Å². The minimum atomic E-state index is -3.67. The largest absolute Gasteiger partial charge is 1.00 e. The molecule has 0 spiro atoms. The molecule has 1 aliphatic heterocycles. The van der Waals surface area contributed by atoms with Crippen LogP contribution in [0.5, 0.6) is 0 Å². The number of nitroso groups, excluding NO2 is 1. The van der Waals surface area contributed by atoms with Gasteiger partial charge >= 0.3 is 7.54 Å². The van der Waals surface area contributed by atoms with E-state index >= 15 is 0 Å². The fourth-order valence-corrected chi connectivity index (χ4v) is 2.65. The summed E-state index contributed by atoms with van der Waals surface area (Å²) in [6, 6.07) is 0.109. The predicted molar refractivity (Wildman–Crippen MR) is 67.7 cm³/mol. The van der Waals surface area contributed by atoms with Crippen molar-refractivity contribution in [2.75, 3.05) is 0 Å². The number of amides is 1. The van der Waals surface area contributed by atoms with Gasteiger partial charge in [0.15, 0.2) is 0 Å². The highest BCUT2D eigenvalue weighted by Gasteiger charge is 2.53. The lowest BCUT2D eigenvalue weighted by atomic mass is 9.79. The Morgan fingerprint density at radius 3 is 1.70 bits per heavy atom. The summed E-state index contributed by atoms with van der Waals surface area (Å²) in [5.74, 6) is -0.0223. The second-order valence-corrected chi connectivity index (χ2v) is 5.97. The molecule has 0 aromatic rings. The minimum Gasteiger partial charge on any atom is -1.00 e. The van der Waals surface area contributed by atoms with Crippen molar-refractivity contribution < 1.29 is 27.2 Å². The zero-order valence-corrected chi connectivity index (χ0v) is 12.3. The third kappa shape index (κ3) is 6.86. The van der Waals surface area contributed by atoms with Gasteiger partial charge in [-0.1, -0.05) is 0 Å². The van der Waals surface area contributed by atoms with E-state index in [1.54, 1.807) is 0 Å². The van der Waals surface area contributed by atoms with Gasteiger partial charge in [0.05, 0.1) is 0 Å². The maximum atomic E-state index is 12.0. The van der Waals surface area contributed by atoms with Crippen LogP contribution in [0.4, 0.5) is 12.9 Å². The van der Waals surface area contributed by atoms with Crippen LogP contribution in [0.1, 0.15) is 47.5 Å². The summed E-state index contributed by atoms with van der Waals surface area (Å²) in [5, 5.41) is 2.91. The Morgan fingerprint density at radius 1 is 1.15 bits per heavy atom. The van der Waals surface area contributed by atoms with Crippen molar-refractivity contribution in [3.63, 3.8) is 0 Å². The third-order valence-electron chi connectivity index (χ3n) is 3.00. The highest BCUT2D eigenvalue weighted by atomic mass is 19.4. The number of piperidine rings is 1. The molecule has 0 saturated carbocycles. The summed E-state index contributed by atoms with van der Waals surface area (Å²) in [5.41, 5.74) is -0.816. The molecule has 0 unspecified atom stereocenters. The average Bonchev–Trinajstić information content (AvgIpc) is 2.10.